The maximum absolute atomic E-state index is 11.0. The number of benzene rings is 1. The lowest BCUT2D eigenvalue weighted by Crippen LogP contribution is -2.11. The fraction of sp³-hybridized carbons (Fsp3) is 0.0833. The van der Waals surface area contributed by atoms with Crippen molar-refractivity contribution in [1.82, 2.24) is 0 Å². The highest BCUT2D eigenvalue weighted by atomic mass is 32.2. The maximum Gasteiger partial charge on any atom is 0.239 e. The molecule has 0 fully saturated rings. The summed E-state index contributed by atoms with van der Waals surface area (Å²) in [5.41, 5.74) is 2.16. The van der Waals surface area contributed by atoms with Crippen LogP contribution in [0.15, 0.2) is 46.2 Å². The van der Waals surface area contributed by atoms with Gasteiger partial charge in [0.25, 0.3) is 0 Å². The lowest BCUT2D eigenvalue weighted by molar-refractivity contribution is 0.470. The molecule has 1 aliphatic carbocycles. The molecule has 0 aromatic heterocycles. The molecule has 86 valence electrons. The third-order valence-corrected chi connectivity index (χ3v) is 4.91. The summed E-state index contributed by atoms with van der Waals surface area (Å²) in [6.07, 6.45) is 3.36. The predicted octanol–water partition coefficient (Wildman–Crippen LogP) is 1.53. The van der Waals surface area contributed by atoms with Crippen molar-refractivity contribution in [2.75, 3.05) is 0 Å². The molecule has 3 nitrogen and oxygen atoms in total. The van der Waals surface area contributed by atoms with Gasteiger partial charge in [-0.3, -0.25) is 0 Å². The summed E-state index contributed by atoms with van der Waals surface area (Å²) < 4.78 is 32.9. The lowest BCUT2D eigenvalue weighted by atomic mass is 9.97. The zero-order valence-electron chi connectivity index (χ0n) is 8.71. The van der Waals surface area contributed by atoms with E-state index in [1.807, 2.05) is 24.3 Å². The Balaban J connectivity index is 2.12. The molecule has 0 bridgehead atoms. The van der Waals surface area contributed by atoms with Gasteiger partial charge in [-0.05, 0) is 18.2 Å². The predicted molar refractivity (Wildman–Crippen MR) is 67.5 cm³/mol. The molecule has 17 heavy (non-hydrogen) atoms. The minimum atomic E-state index is -4.32. The Labute approximate surface area is 103 Å². The standard InChI is InChI=1S/C12H8O3S2/c13-17(14,15)8-5-6-10-9-3-1-2-4-11(9)16-12(10)7-8/h1-6H,7H2. The van der Waals surface area contributed by atoms with Crippen LogP contribution >= 0.6 is 0 Å². The molecule has 3 rings (SSSR count). The van der Waals surface area contributed by atoms with Crippen LogP contribution in [0.25, 0.3) is 5.57 Å². The van der Waals surface area contributed by atoms with Crippen LogP contribution in [0.1, 0.15) is 12.0 Å². The average Bonchev–Trinajstić information content (AvgIpc) is 2.65. The van der Waals surface area contributed by atoms with Crippen molar-refractivity contribution in [2.24, 2.45) is 0 Å². The smallest absolute Gasteiger partial charge is 0.239 e. The molecule has 0 atom stereocenters. The van der Waals surface area contributed by atoms with Gasteiger partial charge in [-0.15, -0.1) is 0 Å². The fourth-order valence-electron chi connectivity index (χ4n) is 2.00. The summed E-state index contributed by atoms with van der Waals surface area (Å²) in [5.74, 6) is 0. The van der Waals surface area contributed by atoms with Crippen LogP contribution in [0.3, 0.4) is 0 Å². The van der Waals surface area contributed by atoms with Crippen molar-refractivity contribution in [3.63, 3.8) is 0 Å². The van der Waals surface area contributed by atoms with Crippen molar-refractivity contribution in [3.8, 4) is 0 Å². The van der Waals surface area contributed by atoms with Crippen LogP contribution in [0, 0.1) is 0 Å². The van der Waals surface area contributed by atoms with E-state index < -0.39 is 10.1 Å². The van der Waals surface area contributed by atoms with Gasteiger partial charge in [0, 0.05) is 16.5 Å². The van der Waals surface area contributed by atoms with Gasteiger partial charge in [0.15, 0.2) is 0 Å². The molecule has 0 amide bonds. The van der Waals surface area contributed by atoms with Crippen molar-refractivity contribution in [2.45, 2.75) is 11.3 Å². The van der Waals surface area contributed by atoms with Gasteiger partial charge in [-0.2, -0.15) is 0 Å². The van der Waals surface area contributed by atoms with Crippen LogP contribution < -0.4 is 0 Å². The van der Waals surface area contributed by atoms with E-state index >= 15 is 0 Å². The first-order valence-corrected chi connectivity index (χ1v) is 7.28. The molecule has 0 saturated carbocycles. The lowest BCUT2D eigenvalue weighted by Gasteiger charge is -2.12. The quantitative estimate of drug-likeness (QED) is 0.439. The Morgan fingerprint density at radius 1 is 1.18 bits per heavy atom. The first-order valence-electron chi connectivity index (χ1n) is 5.06. The van der Waals surface area contributed by atoms with Crippen LogP contribution in [-0.4, -0.2) is 17.8 Å². The van der Waals surface area contributed by atoms with E-state index in [9.17, 15) is 13.0 Å². The Morgan fingerprint density at radius 2 is 1.94 bits per heavy atom. The molecule has 1 aliphatic heterocycles. The van der Waals surface area contributed by atoms with Gasteiger partial charge in [0.05, 0.1) is 12.0 Å². The number of fused-ring (bicyclic) bond motifs is 3. The van der Waals surface area contributed by atoms with Gasteiger partial charge in [0.1, 0.15) is 10.1 Å². The molecule has 0 unspecified atom stereocenters. The van der Waals surface area contributed by atoms with Gasteiger partial charge in [0.2, 0.25) is 21.1 Å². The molecule has 2 aliphatic rings. The van der Waals surface area contributed by atoms with Crippen molar-refractivity contribution in [1.29, 1.82) is 0 Å². The number of hydrogen-bond acceptors (Lipinski definition) is 3. The number of hydrogen-bond donors (Lipinski definition) is 0. The van der Waals surface area contributed by atoms with Crippen molar-refractivity contribution < 1.29 is 13.0 Å². The normalized spacial score (nSPS) is 17.8. The van der Waals surface area contributed by atoms with Gasteiger partial charge in [-0.25, -0.2) is 8.42 Å². The first-order chi connectivity index (χ1) is 8.05. The van der Waals surface area contributed by atoms with Gasteiger partial charge >= 0.3 is 0 Å². The second-order valence-electron chi connectivity index (χ2n) is 3.87. The van der Waals surface area contributed by atoms with E-state index in [2.05, 4.69) is 0 Å². The molecule has 5 heteroatoms. The first kappa shape index (κ1) is 10.8. The largest absolute Gasteiger partial charge is 0.744 e. The fourth-order valence-corrected chi connectivity index (χ4v) is 3.86. The van der Waals surface area contributed by atoms with E-state index in [1.54, 1.807) is 17.4 Å². The van der Waals surface area contributed by atoms with Crippen molar-refractivity contribution >= 4 is 31.9 Å². The summed E-state index contributed by atoms with van der Waals surface area (Å²) in [7, 11) is -4.32. The third-order valence-electron chi connectivity index (χ3n) is 2.80. The number of allylic oxidation sites excluding steroid dienone is 4. The van der Waals surface area contributed by atoms with Crippen LogP contribution in [0.4, 0.5) is 0 Å². The van der Waals surface area contributed by atoms with Crippen LogP contribution in [0.5, 0.6) is 0 Å². The summed E-state index contributed by atoms with van der Waals surface area (Å²) in [4.78, 5) is 2.02. The summed E-state index contributed by atoms with van der Waals surface area (Å²) in [5, 5.41) is 0. The third kappa shape index (κ3) is 1.76. The van der Waals surface area contributed by atoms with E-state index in [1.165, 1.54) is 6.08 Å². The molecule has 0 saturated heterocycles. The molecular formula is C12H8O3S2. The minimum Gasteiger partial charge on any atom is -0.744 e. The van der Waals surface area contributed by atoms with Gasteiger partial charge in [-0.1, -0.05) is 12.1 Å². The molecule has 0 N–H and O–H groups in total. The average molecular weight is 264 g/mol. The Kier molecular flexibility index (Phi) is 2.29. The summed E-state index contributed by atoms with van der Waals surface area (Å²) in [6.45, 7) is 0. The highest BCUT2D eigenvalue weighted by molar-refractivity contribution is 7.90. The Hall–Kier alpha value is -1.30. The van der Waals surface area contributed by atoms with Crippen LogP contribution in [0.2, 0.25) is 0 Å². The molecule has 0 radical (unpaired) electrons. The zero-order chi connectivity index (χ0) is 12.0. The topological polar surface area (TPSA) is 57.2 Å². The monoisotopic (exact) mass is 264 g/mol. The Morgan fingerprint density at radius 3 is 2.71 bits per heavy atom. The number of rotatable bonds is 1. The SMILES string of the molecule is O=S(=O)([O-])C1=CC=C2C(=[S+]c3ccccc32)C1. The summed E-state index contributed by atoms with van der Waals surface area (Å²) in [6, 6.07) is 7.90. The molecule has 1 heterocycles. The van der Waals surface area contributed by atoms with E-state index in [0.717, 1.165) is 20.9 Å². The second-order valence-corrected chi connectivity index (χ2v) is 6.43. The highest BCUT2D eigenvalue weighted by Crippen LogP contribution is 2.33. The Bertz CT molecular complexity index is 694. The molecular weight excluding hydrogens is 256 g/mol. The minimum absolute atomic E-state index is 0.0449. The van der Waals surface area contributed by atoms with E-state index in [0.29, 0.717) is 0 Å². The molecule has 1 aromatic carbocycles. The summed E-state index contributed by atoms with van der Waals surface area (Å²) >= 11 is 1.54. The molecule has 0 spiro atoms. The second kappa shape index (κ2) is 3.60. The maximum atomic E-state index is 11.0. The molecule has 1 aromatic rings. The highest BCUT2D eigenvalue weighted by Gasteiger charge is 2.34. The van der Waals surface area contributed by atoms with Crippen LogP contribution in [-0.2, 0) is 21.5 Å². The van der Waals surface area contributed by atoms with Gasteiger partial charge < -0.3 is 4.55 Å². The zero-order valence-corrected chi connectivity index (χ0v) is 10.3. The van der Waals surface area contributed by atoms with E-state index in [-0.39, 0.29) is 11.3 Å². The van der Waals surface area contributed by atoms with E-state index in [4.69, 9.17) is 0 Å². The van der Waals surface area contributed by atoms with Crippen molar-refractivity contribution in [3.05, 3.63) is 46.9 Å².